The molecule has 0 amide bonds. The first kappa shape index (κ1) is 19.1. The number of guanidine groups is 1. The highest BCUT2D eigenvalue weighted by molar-refractivity contribution is 14.0. The highest BCUT2D eigenvalue weighted by atomic mass is 127. The zero-order valence-electron chi connectivity index (χ0n) is 11.8. The van der Waals surface area contributed by atoms with Gasteiger partial charge in [-0.25, -0.2) is 0 Å². The standard InChI is InChI=1S/C13H23N3S2.HI/c1-11(12-5-8-18-10-12)9-16-13(14-2)15-6-4-7-17-3;/h5,8,10-11H,4,6-7,9H2,1-3H3,(H2,14,15,16);1H. The summed E-state index contributed by atoms with van der Waals surface area (Å²) in [7, 11) is 1.82. The minimum absolute atomic E-state index is 0. The number of thioether (sulfide) groups is 1. The zero-order valence-corrected chi connectivity index (χ0v) is 15.8. The first-order chi connectivity index (χ1) is 8.77. The second-order valence-corrected chi connectivity index (χ2v) is 5.95. The number of nitrogens with zero attached hydrogens (tertiary/aromatic N) is 1. The highest BCUT2D eigenvalue weighted by Crippen LogP contribution is 2.16. The van der Waals surface area contributed by atoms with Crippen molar-refractivity contribution in [3.05, 3.63) is 22.4 Å². The van der Waals surface area contributed by atoms with Crippen molar-refractivity contribution in [2.45, 2.75) is 19.3 Å². The molecule has 0 aliphatic carbocycles. The number of hydrogen-bond acceptors (Lipinski definition) is 3. The van der Waals surface area contributed by atoms with Gasteiger partial charge in [-0.3, -0.25) is 4.99 Å². The molecule has 6 heteroatoms. The van der Waals surface area contributed by atoms with Crippen LogP contribution >= 0.6 is 47.1 Å². The van der Waals surface area contributed by atoms with Crippen LogP contribution in [0.25, 0.3) is 0 Å². The third kappa shape index (κ3) is 8.04. The Morgan fingerprint density at radius 2 is 2.26 bits per heavy atom. The van der Waals surface area contributed by atoms with E-state index < -0.39 is 0 Å². The van der Waals surface area contributed by atoms with Gasteiger partial charge < -0.3 is 10.6 Å². The lowest BCUT2D eigenvalue weighted by molar-refractivity contribution is 0.698. The predicted molar refractivity (Wildman–Crippen MR) is 101 cm³/mol. The number of hydrogen-bond donors (Lipinski definition) is 2. The van der Waals surface area contributed by atoms with Crippen LogP contribution in [0.4, 0.5) is 0 Å². The summed E-state index contributed by atoms with van der Waals surface area (Å²) in [6.07, 6.45) is 3.30. The number of halogens is 1. The molecule has 19 heavy (non-hydrogen) atoms. The summed E-state index contributed by atoms with van der Waals surface area (Å²) in [5.41, 5.74) is 1.39. The van der Waals surface area contributed by atoms with Gasteiger partial charge in [0.1, 0.15) is 0 Å². The van der Waals surface area contributed by atoms with Crippen LogP contribution in [0, 0.1) is 0 Å². The molecule has 1 unspecified atom stereocenters. The van der Waals surface area contributed by atoms with Crippen molar-refractivity contribution in [1.29, 1.82) is 0 Å². The Labute approximate surface area is 142 Å². The second-order valence-electron chi connectivity index (χ2n) is 4.18. The predicted octanol–water partition coefficient (Wildman–Crippen LogP) is 3.39. The maximum absolute atomic E-state index is 4.23. The number of rotatable bonds is 7. The summed E-state index contributed by atoms with van der Waals surface area (Å²) in [6, 6.07) is 2.19. The van der Waals surface area contributed by atoms with Gasteiger partial charge in [-0.1, -0.05) is 6.92 Å². The topological polar surface area (TPSA) is 36.4 Å². The van der Waals surface area contributed by atoms with Gasteiger partial charge in [0.15, 0.2) is 5.96 Å². The van der Waals surface area contributed by atoms with E-state index in [1.807, 2.05) is 18.8 Å². The fraction of sp³-hybridized carbons (Fsp3) is 0.615. The molecular formula is C13H24IN3S2. The monoisotopic (exact) mass is 413 g/mol. The van der Waals surface area contributed by atoms with Crippen molar-refractivity contribution in [1.82, 2.24) is 10.6 Å². The smallest absolute Gasteiger partial charge is 0.190 e. The summed E-state index contributed by atoms with van der Waals surface area (Å²) in [5.74, 6) is 2.61. The Bertz CT molecular complexity index is 342. The van der Waals surface area contributed by atoms with Crippen molar-refractivity contribution < 1.29 is 0 Å². The molecule has 0 radical (unpaired) electrons. The fourth-order valence-corrected chi connectivity index (χ4v) is 2.78. The van der Waals surface area contributed by atoms with E-state index in [9.17, 15) is 0 Å². The van der Waals surface area contributed by atoms with Crippen LogP contribution in [-0.4, -0.2) is 38.1 Å². The molecule has 0 saturated carbocycles. The summed E-state index contributed by atoms with van der Waals surface area (Å²) >= 11 is 3.63. The van der Waals surface area contributed by atoms with Crippen molar-refractivity contribution in [2.75, 3.05) is 32.1 Å². The lowest BCUT2D eigenvalue weighted by Gasteiger charge is -2.15. The lowest BCUT2D eigenvalue weighted by Crippen LogP contribution is -2.39. The third-order valence-electron chi connectivity index (χ3n) is 2.73. The van der Waals surface area contributed by atoms with Crippen molar-refractivity contribution in [3.8, 4) is 0 Å². The number of thiophene rings is 1. The molecule has 0 fully saturated rings. The summed E-state index contributed by atoms with van der Waals surface area (Å²) in [6.45, 7) is 4.13. The average Bonchev–Trinajstić information content (AvgIpc) is 2.91. The molecular weight excluding hydrogens is 389 g/mol. The highest BCUT2D eigenvalue weighted by Gasteiger charge is 2.06. The average molecular weight is 413 g/mol. The molecule has 0 aliphatic rings. The Kier molecular flexibility index (Phi) is 11.9. The normalized spacial score (nSPS) is 12.7. The van der Waals surface area contributed by atoms with Gasteiger partial charge in [-0.05, 0) is 46.7 Å². The van der Waals surface area contributed by atoms with Gasteiger partial charge in [0, 0.05) is 20.1 Å². The van der Waals surface area contributed by atoms with E-state index in [4.69, 9.17) is 0 Å². The van der Waals surface area contributed by atoms with Crippen LogP contribution in [0.15, 0.2) is 21.8 Å². The van der Waals surface area contributed by atoms with Crippen molar-refractivity contribution in [3.63, 3.8) is 0 Å². The van der Waals surface area contributed by atoms with E-state index in [1.165, 1.54) is 17.7 Å². The van der Waals surface area contributed by atoms with E-state index in [-0.39, 0.29) is 24.0 Å². The van der Waals surface area contributed by atoms with E-state index in [2.05, 4.69) is 45.6 Å². The minimum atomic E-state index is 0. The van der Waals surface area contributed by atoms with E-state index in [1.54, 1.807) is 11.3 Å². The van der Waals surface area contributed by atoms with Gasteiger partial charge in [0.25, 0.3) is 0 Å². The second kappa shape index (κ2) is 11.8. The molecule has 1 atom stereocenters. The first-order valence-corrected chi connectivity index (χ1v) is 8.57. The van der Waals surface area contributed by atoms with Crippen LogP contribution in [0.2, 0.25) is 0 Å². The van der Waals surface area contributed by atoms with E-state index >= 15 is 0 Å². The largest absolute Gasteiger partial charge is 0.356 e. The maximum Gasteiger partial charge on any atom is 0.190 e. The van der Waals surface area contributed by atoms with Crippen LogP contribution in [0.1, 0.15) is 24.8 Å². The molecule has 0 spiro atoms. The van der Waals surface area contributed by atoms with Crippen molar-refractivity contribution >= 4 is 53.0 Å². The fourth-order valence-electron chi connectivity index (χ4n) is 1.57. The first-order valence-electron chi connectivity index (χ1n) is 6.23. The SMILES string of the molecule is CN=C(NCCCSC)NCC(C)c1ccsc1.I. The molecule has 1 rings (SSSR count). The summed E-state index contributed by atoms with van der Waals surface area (Å²) < 4.78 is 0. The van der Waals surface area contributed by atoms with Gasteiger partial charge in [0.05, 0.1) is 0 Å². The van der Waals surface area contributed by atoms with Gasteiger partial charge in [-0.2, -0.15) is 23.1 Å². The van der Waals surface area contributed by atoms with Crippen molar-refractivity contribution in [2.24, 2.45) is 4.99 Å². The van der Waals surface area contributed by atoms with Crippen LogP contribution in [0.3, 0.4) is 0 Å². The molecule has 0 bridgehead atoms. The van der Waals surface area contributed by atoms with Crippen LogP contribution in [0.5, 0.6) is 0 Å². The molecule has 1 aromatic rings. The quantitative estimate of drug-likeness (QED) is 0.312. The van der Waals surface area contributed by atoms with Gasteiger partial charge in [-0.15, -0.1) is 24.0 Å². The molecule has 0 saturated heterocycles. The molecule has 1 heterocycles. The summed E-state index contributed by atoms with van der Waals surface area (Å²) in [5, 5.41) is 11.0. The molecule has 0 aliphatic heterocycles. The molecule has 110 valence electrons. The minimum Gasteiger partial charge on any atom is -0.356 e. The third-order valence-corrected chi connectivity index (χ3v) is 4.13. The van der Waals surface area contributed by atoms with Crippen LogP contribution in [-0.2, 0) is 0 Å². The lowest BCUT2D eigenvalue weighted by atomic mass is 10.1. The number of nitrogens with one attached hydrogen (secondary N) is 2. The molecule has 3 nitrogen and oxygen atoms in total. The Balaban J connectivity index is 0.00000324. The van der Waals surface area contributed by atoms with Gasteiger partial charge >= 0.3 is 0 Å². The molecule has 1 aromatic heterocycles. The molecule has 0 aromatic carbocycles. The van der Waals surface area contributed by atoms with E-state index in [0.29, 0.717) is 5.92 Å². The van der Waals surface area contributed by atoms with Crippen LogP contribution < -0.4 is 10.6 Å². The maximum atomic E-state index is 4.23. The summed E-state index contributed by atoms with van der Waals surface area (Å²) in [4.78, 5) is 4.23. The van der Waals surface area contributed by atoms with E-state index in [0.717, 1.165) is 19.0 Å². The Morgan fingerprint density at radius 3 is 2.84 bits per heavy atom. The van der Waals surface area contributed by atoms with Gasteiger partial charge in [0.2, 0.25) is 0 Å². The molecule has 2 N–H and O–H groups in total. The Hall–Kier alpha value is 0.0500. The zero-order chi connectivity index (χ0) is 13.2. The number of aliphatic imine (C=N–C) groups is 1. The Morgan fingerprint density at radius 1 is 1.47 bits per heavy atom.